The maximum Gasteiger partial charge on any atom is 0.279 e. The lowest BCUT2D eigenvalue weighted by atomic mass is 10.1. The van der Waals surface area contributed by atoms with Crippen molar-refractivity contribution in [2.24, 2.45) is 0 Å². The summed E-state index contributed by atoms with van der Waals surface area (Å²) in [4.78, 5) is 34.8. The molecule has 0 aliphatic heterocycles. The number of nitrogens with zero attached hydrogens (tertiary/aromatic N) is 3. The van der Waals surface area contributed by atoms with E-state index in [0.29, 0.717) is 19.6 Å². The minimum Gasteiger partial charge on any atom is -0.383 e. The van der Waals surface area contributed by atoms with E-state index >= 15 is 0 Å². The van der Waals surface area contributed by atoms with Crippen molar-refractivity contribution in [2.75, 3.05) is 40.4 Å². The maximum absolute atomic E-state index is 12.1. The van der Waals surface area contributed by atoms with Crippen LogP contribution in [0.3, 0.4) is 0 Å². The molecule has 0 spiro atoms. The smallest absolute Gasteiger partial charge is 0.279 e. The highest BCUT2D eigenvalue weighted by atomic mass is 16.6. The molecule has 0 aliphatic carbocycles. The van der Waals surface area contributed by atoms with Gasteiger partial charge in [-0.25, -0.2) is 0 Å². The molecule has 0 aromatic heterocycles. The number of benzene rings is 1. The molecule has 138 valence electrons. The molecule has 10 heteroatoms. The maximum atomic E-state index is 12.1. The van der Waals surface area contributed by atoms with Crippen LogP contribution < -0.4 is 5.32 Å². The first kappa shape index (κ1) is 20.5. The van der Waals surface area contributed by atoms with Crippen LogP contribution >= 0.6 is 0 Å². The average molecular weight is 354 g/mol. The van der Waals surface area contributed by atoms with Crippen LogP contribution in [0.25, 0.3) is 0 Å². The van der Waals surface area contributed by atoms with E-state index in [1.165, 1.54) is 6.92 Å². The summed E-state index contributed by atoms with van der Waals surface area (Å²) < 4.78 is 4.96. The number of methoxy groups -OCH3 is 1. The average Bonchev–Trinajstić information content (AvgIpc) is 2.56. The second-order valence-electron chi connectivity index (χ2n) is 5.56. The minimum atomic E-state index is -0.732. The second kappa shape index (κ2) is 9.64. The highest BCUT2D eigenvalue weighted by Gasteiger charge is 2.25. The lowest BCUT2D eigenvalue weighted by molar-refractivity contribution is -0.395. The number of likely N-dealkylation sites (N-methyl/N-ethyl adjacent to an activating group) is 1. The van der Waals surface area contributed by atoms with Crippen molar-refractivity contribution in [2.45, 2.75) is 13.3 Å². The van der Waals surface area contributed by atoms with E-state index in [1.54, 1.807) is 7.11 Å². The van der Waals surface area contributed by atoms with E-state index in [-0.39, 0.29) is 11.1 Å². The first-order valence-electron chi connectivity index (χ1n) is 7.67. The fraction of sp³-hybridized carbons (Fsp3) is 0.533. The lowest BCUT2D eigenvalue weighted by Crippen LogP contribution is -2.29. The molecular formula is C15H22N4O6. The summed E-state index contributed by atoms with van der Waals surface area (Å²) in [6.45, 7) is 3.75. The molecule has 0 bridgehead atoms. The fourth-order valence-corrected chi connectivity index (χ4v) is 2.21. The van der Waals surface area contributed by atoms with Crippen LogP contribution in [0.5, 0.6) is 0 Å². The first-order valence-corrected chi connectivity index (χ1v) is 7.67. The number of carbonyl (C=O) groups excluding carboxylic acids is 1. The molecule has 1 rings (SSSR count). The molecule has 0 saturated heterocycles. The molecule has 0 unspecified atom stereocenters. The summed E-state index contributed by atoms with van der Waals surface area (Å²) in [5, 5.41) is 24.7. The molecule has 0 fully saturated rings. The number of carbonyl (C=O) groups is 1. The molecule has 1 aromatic rings. The molecule has 0 aliphatic rings. The third-order valence-corrected chi connectivity index (χ3v) is 3.69. The molecule has 1 amide bonds. The summed E-state index contributed by atoms with van der Waals surface area (Å²) in [7, 11) is 3.54. The van der Waals surface area contributed by atoms with Gasteiger partial charge in [0, 0.05) is 32.3 Å². The van der Waals surface area contributed by atoms with Crippen molar-refractivity contribution in [1.29, 1.82) is 0 Å². The Hall–Kier alpha value is -2.59. The Bertz CT molecular complexity index is 614. The molecule has 25 heavy (non-hydrogen) atoms. The summed E-state index contributed by atoms with van der Waals surface area (Å²) in [6, 6.07) is 2.12. The van der Waals surface area contributed by atoms with Gasteiger partial charge in [-0.15, -0.1) is 0 Å². The van der Waals surface area contributed by atoms with Crippen molar-refractivity contribution in [1.82, 2.24) is 10.2 Å². The van der Waals surface area contributed by atoms with E-state index < -0.39 is 27.1 Å². The van der Waals surface area contributed by atoms with Crippen LogP contribution in [0.1, 0.15) is 22.3 Å². The van der Waals surface area contributed by atoms with Gasteiger partial charge in [-0.05, 0) is 26.9 Å². The van der Waals surface area contributed by atoms with Gasteiger partial charge in [-0.3, -0.25) is 25.0 Å². The topological polar surface area (TPSA) is 128 Å². The van der Waals surface area contributed by atoms with Crippen LogP contribution in [0, 0.1) is 27.2 Å². The van der Waals surface area contributed by atoms with Gasteiger partial charge in [0.2, 0.25) is 0 Å². The molecule has 1 aromatic carbocycles. The molecule has 0 heterocycles. The molecular weight excluding hydrogens is 332 g/mol. The monoisotopic (exact) mass is 354 g/mol. The zero-order valence-corrected chi connectivity index (χ0v) is 14.5. The van der Waals surface area contributed by atoms with Crippen molar-refractivity contribution in [3.05, 3.63) is 43.5 Å². The number of nitro benzene ring substituents is 2. The molecule has 0 radical (unpaired) electrons. The Balaban J connectivity index is 2.72. The number of ether oxygens (including phenoxy) is 1. The molecule has 10 nitrogen and oxygen atoms in total. The number of hydrogen-bond donors (Lipinski definition) is 1. The predicted molar refractivity (Wildman–Crippen MR) is 90.8 cm³/mol. The van der Waals surface area contributed by atoms with Gasteiger partial charge in [-0.2, -0.15) is 0 Å². The van der Waals surface area contributed by atoms with Crippen LogP contribution in [0.15, 0.2) is 12.1 Å². The van der Waals surface area contributed by atoms with E-state index in [1.807, 2.05) is 11.9 Å². The van der Waals surface area contributed by atoms with Gasteiger partial charge in [-0.1, -0.05) is 0 Å². The second-order valence-corrected chi connectivity index (χ2v) is 5.56. The van der Waals surface area contributed by atoms with Gasteiger partial charge in [0.05, 0.1) is 22.0 Å². The largest absolute Gasteiger partial charge is 0.383 e. The summed E-state index contributed by atoms with van der Waals surface area (Å²) in [6.07, 6.45) is 0.669. The number of hydrogen-bond acceptors (Lipinski definition) is 7. The number of nitrogens with one attached hydrogen (secondary N) is 1. The Labute approximate surface area is 145 Å². The SMILES string of the molecule is COCCN(C)CCCNC(=O)c1cc([N+](=O)[O-])c(C)c([N+](=O)[O-])c1. The van der Waals surface area contributed by atoms with Crippen molar-refractivity contribution in [3.8, 4) is 0 Å². The van der Waals surface area contributed by atoms with Crippen molar-refractivity contribution in [3.63, 3.8) is 0 Å². The Morgan fingerprint density at radius 1 is 1.20 bits per heavy atom. The third kappa shape index (κ3) is 6.08. The normalized spacial score (nSPS) is 10.7. The van der Waals surface area contributed by atoms with Crippen molar-refractivity contribution < 1.29 is 19.4 Å². The Morgan fingerprint density at radius 2 is 1.76 bits per heavy atom. The quantitative estimate of drug-likeness (QED) is 0.383. The first-order chi connectivity index (χ1) is 11.8. The van der Waals surface area contributed by atoms with Gasteiger partial charge >= 0.3 is 0 Å². The van der Waals surface area contributed by atoms with Gasteiger partial charge in [0.15, 0.2) is 0 Å². The summed E-state index contributed by atoms with van der Waals surface area (Å²) >= 11 is 0. The lowest BCUT2D eigenvalue weighted by Gasteiger charge is -2.15. The minimum absolute atomic E-state index is 0.0775. The van der Waals surface area contributed by atoms with Crippen LogP contribution in [0.4, 0.5) is 11.4 Å². The number of amides is 1. The van der Waals surface area contributed by atoms with Crippen LogP contribution in [0.2, 0.25) is 0 Å². The fourth-order valence-electron chi connectivity index (χ4n) is 2.21. The highest BCUT2D eigenvalue weighted by Crippen LogP contribution is 2.29. The van der Waals surface area contributed by atoms with Crippen LogP contribution in [-0.2, 0) is 4.74 Å². The Morgan fingerprint density at radius 3 is 2.24 bits per heavy atom. The van der Waals surface area contributed by atoms with Crippen LogP contribution in [-0.4, -0.2) is 61.1 Å². The van der Waals surface area contributed by atoms with E-state index in [9.17, 15) is 25.0 Å². The van der Waals surface area contributed by atoms with Crippen molar-refractivity contribution >= 4 is 17.3 Å². The zero-order valence-electron chi connectivity index (χ0n) is 14.5. The molecule has 0 saturated carbocycles. The number of rotatable bonds is 10. The Kier molecular flexibility index (Phi) is 7.89. The standard InChI is InChI=1S/C15H22N4O6/c1-11-13(18(21)22)9-12(10-14(11)19(23)24)15(20)16-5-4-6-17(2)7-8-25-3/h9-10H,4-8H2,1-3H3,(H,16,20). The molecule has 1 N–H and O–H groups in total. The zero-order chi connectivity index (χ0) is 19.0. The van der Waals surface area contributed by atoms with Gasteiger partial charge < -0.3 is 15.0 Å². The summed E-state index contributed by atoms with van der Waals surface area (Å²) in [5.74, 6) is -0.578. The third-order valence-electron chi connectivity index (χ3n) is 3.69. The predicted octanol–water partition coefficient (Wildman–Crippen LogP) is 1.51. The summed E-state index contributed by atoms with van der Waals surface area (Å²) in [5.41, 5.74) is -1.07. The van der Waals surface area contributed by atoms with E-state index in [0.717, 1.165) is 25.2 Å². The van der Waals surface area contributed by atoms with E-state index in [2.05, 4.69) is 5.32 Å². The van der Waals surface area contributed by atoms with E-state index in [4.69, 9.17) is 4.74 Å². The van der Waals surface area contributed by atoms with Gasteiger partial charge in [0.1, 0.15) is 5.56 Å². The number of nitro groups is 2. The molecule has 0 atom stereocenters. The van der Waals surface area contributed by atoms with Gasteiger partial charge in [0.25, 0.3) is 17.3 Å². The highest BCUT2D eigenvalue weighted by molar-refractivity contribution is 5.96.